The Kier molecular flexibility index (Phi) is 17.3. The van der Waals surface area contributed by atoms with Crippen LogP contribution in [-0.2, 0) is 28.8 Å². The van der Waals surface area contributed by atoms with Crippen molar-refractivity contribution < 1.29 is 89.8 Å². The van der Waals surface area contributed by atoms with Crippen molar-refractivity contribution in [1.82, 2.24) is 9.80 Å². The maximum absolute atomic E-state index is 13.7. The van der Waals surface area contributed by atoms with Gasteiger partial charge in [0.25, 0.3) is 11.8 Å². The molecule has 8 rings (SSSR count). The number of nitrogens with two attached hydrogens (primary N) is 2. The lowest BCUT2D eigenvalue weighted by Crippen LogP contribution is -2.73. The molecule has 0 aromatic heterocycles. The Hall–Kier alpha value is -5.66. The topological polar surface area (TPSA) is 409 Å². The smallest absolute Gasteiger partial charge is 0.255 e. The molecular formula is C46H58Cl2N4O18. The van der Waals surface area contributed by atoms with Gasteiger partial charge in [0.1, 0.15) is 34.2 Å². The molecule has 15 N–H and O–H groups in total. The van der Waals surface area contributed by atoms with Gasteiger partial charge in [0.2, 0.25) is 0 Å². The number of amides is 2. The van der Waals surface area contributed by atoms with Crippen molar-refractivity contribution in [3.8, 4) is 11.5 Å². The van der Waals surface area contributed by atoms with Gasteiger partial charge in [-0.15, -0.1) is 24.8 Å². The third kappa shape index (κ3) is 8.08. The number of halogens is 2. The van der Waals surface area contributed by atoms with E-state index in [1.807, 2.05) is 0 Å². The van der Waals surface area contributed by atoms with Crippen LogP contribution in [0.25, 0.3) is 0 Å². The lowest BCUT2D eigenvalue weighted by molar-refractivity contribution is -0.184. The van der Waals surface area contributed by atoms with Gasteiger partial charge < -0.3 is 62.9 Å². The molecule has 2 saturated carbocycles. The van der Waals surface area contributed by atoms with Gasteiger partial charge >= 0.3 is 0 Å². The number of phenols is 2. The summed E-state index contributed by atoms with van der Waals surface area (Å²) in [5.41, 5.74) is 3.48. The number of primary amides is 2. The first-order chi connectivity index (χ1) is 31.1. The van der Waals surface area contributed by atoms with Crippen LogP contribution in [0.15, 0.2) is 59.1 Å². The van der Waals surface area contributed by atoms with Crippen LogP contribution in [0.1, 0.15) is 64.4 Å². The van der Waals surface area contributed by atoms with Crippen molar-refractivity contribution in [3.63, 3.8) is 0 Å². The van der Waals surface area contributed by atoms with Crippen molar-refractivity contribution in [1.29, 1.82) is 0 Å². The van der Waals surface area contributed by atoms with Gasteiger partial charge in [-0.3, -0.25) is 48.2 Å². The molecule has 0 aliphatic heterocycles. The Balaban J connectivity index is 0.000000337. The first-order valence-electron chi connectivity index (χ1n) is 21.3. The van der Waals surface area contributed by atoms with Gasteiger partial charge in [-0.1, -0.05) is 38.1 Å². The first-order valence-corrected chi connectivity index (χ1v) is 21.3. The molecule has 0 saturated heterocycles. The molecule has 2 amide bonds. The van der Waals surface area contributed by atoms with Crippen LogP contribution in [-0.4, -0.2) is 178 Å². The Bertz CT molecular complexity index is 2430. The van der Waals surface area contributed by atoms with Crippen LogP contribution in [0.5, 0.6) is 11.5 Å². The summed E-state index contributed by atoms with van der Waals surface area (Å²) in [7, 11) is 5.82. The maximum atomic E-state index is 13.7. The minimum atomic E-state index is -2.90. The first kappa shape index (κ1) is 58.7. The molecule has 14 atom stereocenters. The molecule has 24 heteroatoms. The summed E-state index contributed by atoms with van der Waals surface area (Å²) in [6.07, 6.45) is -3.19. The minimum absolute atomic E-state index is 0. The number of nitrogens with zero attached hydrogens (tertiary/aromatic N) is 2. The second kappa shape index (κ2) is 20.6. The van der Waals surface area contributed by atoms with Gasteiger partial charge in [-0.05, 0) is 70.2 Å². The van der Waals surface area contributed by atoms with E-state index in [1.54, 1.807) is 32.9 Å². The molecule has 70 heavy (non-hydrogen) atoms. The van der Waals surface area contributed by atoms with E-state index < -0.39 is 152 Å². The van der Waals surface area contributed by atoms with Crippen LogP contribution < -0.4 is 11.5 Å². The Morgan fingerprint density at radius 3 is 1.14 bits per heavy atom. The quantitative estimate of drug-likeness (QED) is 0.117. The van der Waals surface area contributed by atoms with Crippen molar-refractivity contribution in [2.45, 2.75) is 68.1 Å². The number of aromatic hydroxyl groups is 2. The molecule has 6 aliphatic rings. The fourth-order valence-corrected chi connectivity index (χ4v) is 11.6. The number of hydrogen-bond acceptors (Lipinski definition) is 19. The van der Waals surface area contributed by atoms with Gasteiger partial charge in [0.15, 0.2) is 45.9 Å². The summed E-state index contributed by atoms with van der Waals surface area (Å²) >= 11 is 0. The molecule has 22 nitrogen and oxygen atoms in total. The number of benzene rings is 2. The highest BCUT2D eigenvalue weighted by molar-refractivity contribution is 6.26. The number of carbonyl (C=O) groups is 8. The monoisotopic (exact) mass is 1020 g/mol. The summed E-state index contributed by atoms with van der Waals surface area (Å²) in [5, 5.41) is 95.4. The largest absolute Gasteiger partial charge is 0.508 e. The van der Waals surface area contributed by atoms with Gasteiger partial charge in [-0.2, -0.15) is 0 Å². The van der Waals surface area contributed by atoms with E-state index in [-0.39, 0.29) is 59.5 Å². The number of phenolic OH excluding ortho intramolecular Hbond substituents is 2. The molecule has 0 heterocycles. The fourth-order valence-electron chi connectivity index (χ4n) is 11.6. The van der Waals surface area contributed by atoms with Gasteiger partial charge in [0, 0.05) is 18.4 Å². The normalized spacial score (nSPS) is 33.7. The number of likely N-dealkylation sites (N-methyl/N-ethyl adjacent to an activating group) is 2. The third-order valence-corrected chi connectivity index (χ3v) is 14.4. The van der Waals surface area contributed by atoms with E-state index in [9.17, 15) is 79.2 Å². The van der Waals surface area contributed by atoms with Crippen molar-refractivity contribution in [2.75, 3.05) is 34.8 Å². The van der Waals surface area contributed by atoms with E-state index in [1.165, 1.54) is 62.3 Å². The molecule has 384 valence electrons. The van der Waals surface area contributed by atoms with E-state index in [0.717, 1.165) is 0 Å². The zero-order valence-electron chi connectivity index (χ0n) is 38.8. The second-order valence-electron chi connectivity index (χ2n) is 18.2. The zero-order chi connectivity index (χ0) is 50.4. The minimum Gasteiger partial charge on any atom is -0.508 e. The van der Waals surface area contributed by atoms with Crippen LogP contribution in [0.2, 0.25) is 0 Å². The molecule has 2 fully saturated rings. The molecule has 2 aromatic rings. The molecule has 2 aromatic carbocycles. The SMILES string of the molecule is CCO.C[C@H]1c2cccc(O)c2C(=O)C2C(=O)[C@]3(O)C(O)=C(C(N)=O)C(=O)[C@@H](N(C)C)[C@@H]3[C@@H](O)[C@@H]21.C[C@H]1c2cccc(O)c2C(=O)C2C(=O)[C@]3(O)C(O)=C(C(N)=O)C(=O)[C@@H](N(C)C)[C@@H]3[C@@H](O)[C@@H]21.Cl.Cl.O. The Morgan fingerprint density at radius 2 is 0.886 bits per heavy atom. The molecule has 0 radical (unpaired) electrons. The van der Waals surface area contributed by atoms with E-state index in [2.05, 4.69) is 0 Å². The van der Waals surface area contributed by atoms with E-state index in [4.69, 9.17) is 16.6 Å². The number of fused-ring (bicyclic) bond motifs is 6. The van der Waals surface area contributed by atoms with Crippen LogP contribution in [0.4, 0.5) is 0 Å². The van der Waals surface area contributed by atoms with Crippen LogP contribution >= 0.6 is 24.8 Å². The summed E-state index contributed by atoms with van der Waals surface area (Å²) in [5.74, 6) is -21.4. The van der Waals surface area contributed by atoms with E-state index in [0.29, 0.717) is 11.1 Å². The van der Waals surface area contributed by atoms with Crippen LogP contribution in [0.3, 0.4) is 0 Å². The average molecular weight is 1030 g/mol. The second-order valence-corrected chi connectivity index (χ2v) is 18.2. The summed E-state index contributed by atoms with van der Waals surface area (Å²) in [6, 6.07) is 6.10. The van der Waals surface area contributed by atoms with Gasteiger partial charge in [0.05, 0.1) is 59.1 Å². The number of Topliss-reactive ketones (excluding diaryl/α,β-unsaturated/α-hetero) is 6. The zero-order valence-corrected chi connectivity index (χ0v) is 40.4. The summed E-state index contributed by atoms with van der Waals surface area (Å²) in [4.78, 5) is 107. The highest BCUT2D eigenvalue weighted by Crippen LogP contribution is 2.57. The van der Waals surface area contributed by atoms with Gasteiger partial charge in [-0.25, -0.2) is 0 Å². The summed E-state index contributed by atoms with van der Waals surface area (Å²) in [6.45, 7) is 5.27. The van der Waals surface area contributed by atoms with Crippen molar-refractivity contribution in [2.24, 2.45) is 47.0 Å². The number of aliphatic hydroxyl groups is 7. The third-order valence-electron chi connectivity index (χ3n) is 14.4. The number of rotatable bonds is 4. The predicted octanol–water partition coefficient (Wildman–Crippen LogP) is -1.93. The molecule has 0 bridgehead atoms. The average Bonchev–Trinajstić information content (AvgIpc) is 3.23. The standard InChI is InChI=1S/2C22H24N2O8.C2H6O.2ClH.H2O/c2*1-7-8-5-4-6-9(25)11(8)16(26)12-10(7)17(27)14-15(24(2)3)18(28)13(21(23)31)20(30)22(14,32)19(12)29;1-2-3;;;/h2*4-7,10,12,14-15,17,25,27,30,32H,1-3H3,(H2,23,31);3H,2H2,1H3;2*1H;1H2/t2*7-,10+,12?,14+,15-,17-,22-;;;;/m00..../s1. The Labute approximate surface area is 412 Å². The maximum Gasteiger partial charge on any atom is 0.255 e. The number of carbonyl (C=O) groups excluding carboxylic acids is 8. The lowest BCUT2D eigenvalue weighted by Gasteiger charge is -2.55. The van der Waals surface area contributed by atoms with E-state index >= 15 is 0 Å². The predicted molar refractivity (Wildman–Crippen MR) is 248 cm³/mol. The number of ketones is 6. The molecule has 0 spiro atoms. The molecular weight excluding hydrogens is 967 g/mol. The Morgan fingerprint density at radius 1 is 0.600 bits per heavy atom. The number of aliphatic hydroxyl groups excluding tert-OH is 5. The number of hydrogen-bond donors (Lipinski definition) is 11. The summed E-state index contributed by atoms with van der Waals surface area (Å²) < 4.78 is 0. The lowest BCUT2D eigenvalue weighted by atomic mass is 9.51. The van der Waals surface area contributed by atoms with Crippen molar-refractivity contribution in [3.05, 3.63) is 81.3 Å². The highest BCUT2D eigenvalue weighted by atomic mass is 35.5. The fraction of sp³-hybridized carbons (Fsp3) is 0.478. The van der Waals surface area contributed by atoms with Crippen LogP contribution in [0, 0.1) is 35.5 Å². The van der Waals surface area contributed by atoms with Crippen molar-refractivity contribution >= 4 is 71.3 Å². The molecule has 2 unspecified atom stereocenters. The molecule has 6 aliphatic carbocycles. The highest BCUT2D eigenvalue weighted by Gasteiger charge is 2.72.